The van der Waals surface area contributed by atoms with Crippen LogP contribution in [0, 0.1) is 0 Å². The Morgan fingerprint density at radius 2 is 1.26 bits per heavy atom. The van der Waals surface area contributed by atoms with Gasteiger partial charge in [0.25, 0.3) is 0 Å². The van der Waals surface area contributed by atoms with Crippen LogP contribution in [0.5, 0.6) is 0 Å². The van der Waals surface area contributed by atoms with Crippen LogP contribution in [0.2, 0.25) is 0 Å². The molecular weight excluding hydrogens is 259 g/mol. The molecule has 1 aliphatic rings. The highest BCUT2D eigenvalue weighted by Crippen LogP contribution is 2.51. The van der Waals surface area contributed by atoms with Crippen LogP contribution in [0.1, 0.15) is 77.6 Å². The van der Waals surface area contributed by atoms with Crippen LogP contribution in [0.3, 0.4) is 0 Å². The average molecular weight is 290 g/mol. The predicted molar refractivity (Wildman–Crippen MR) is 80.8 cm³/mol. The molecule has 1 saturated heterocycles. The molecule has 114 valence electrons. The van der Waals surface area contributed by atoms with Gasteiger partial charge >= 0.3 is 7.60 Å². The van der Waals surface area contributed by atoms with Crippen molar-refractivity contribution in [3.05, 3.63) is 0 Å². The van der Waals surface area contributed by atoms with Gasteiger partial charge in [0.1, 0.15) is 0 Å². The summed E-state index contributed by atoms with van der Waals surface area (Å²) in [6.07, 6.45) is 14.4. The van der Waals surface area contributed by atoms with Crippen LogP contribution in [0.25, 0.3) is 0 Å². The largest absolute Gasteiger partial charge is 0.330 e. The second-order valence-electron chi connectivity index (χ2n) is 5.54. The topological polar surface area (TPSA) is 35.5 Å². The molecule has 0 aromatic rings. The van der Waals surface area contributed by atoms with Crippen molar-refractivity contribution in [1.82, 2.24) is 0 Å². The summed E-state index contributed by atoms with van der Waals surface area (Å²) in [4.78, 5) is 0. The lowest BCUT2D eigenvalue weighted by molar-refractivity contribution is 0.146. The van der Waals surface area contributed by atoms with E-state index < -0.39 is 7.60 Å². The van der Waals surface area contributed by atoms with Crippen LogP contribution >= 0.6 is 7.60 Å². The molecule has 0 bridgehead atoms. The van der Waals surface area contributed by atoms with E-state index in [0.717, 1.165) is 19.3 Å². The van der Waals surface area contributed by atoms with Crippen LogP contribution < -0.4 is 0 Å². The van der Waals surface area contributed by atoms with Gasteiger partial charge in [-0.1, -0.05) is 64.7 Å². The lowest BCUT2D eigenvalue weighted by Crippen LogP contribution is -2.10. The molecule has 0 unspecified atom stereocenters. The van der Waals surface area contributed by atoms with Crippen molar-refractivity contribution in [3.8, 4) is 0 Å². The van der Waals surface area contributed by atoms with Crippen molar-refractivity contribution < 1.29 is 13.6 Å². The van der Waals surface area contributed by atoms with Crippen LogP contribution in [-0.2, 0) is 13.6 Å². The minimum atomic E-state index is -2.69. The molecule has 1 aliphatic heterocycles. The SMILES string of the molecule is CCCCCCCCCCCCP1(=O)OCCCO1. The van der Waals surface area contributed by atoms with E-state index in [1.165, 1.54) is 51.4 Å². The fourth-order valence-corrected chi connectivity index (χ4v) is 4.18. The minimum Gasteiger partial charge on any atom is -0.308 e. The molecule has 0 saturated carbocycles. The molecule has 3 nitrogen and oxygen atoms in total. The molecule has 0 aromatic heterocycles. The quantitative estimate of drug-likeness (QED) is 0.370. The summed E-state index contributed by atoms with van der Waals surface area (Å²) in [5.41, 5.74) is 0. The molecule has 0 radical (unpaired) electrons. The van der Waals surface area contributed by atoms with E-state index in [4.69, 9.17) is 9.05 Å². The van der Waals surface area contributed by atoms with Gasteiger partial charge in [0.05, 0.1) is 19.4 Å². The van der Waals surface area contributed by atoms with Crippen LogP contribution in [0.4, 0.5) is 0 Å². The highest BCUT2D eigenvalue weighted by atomic mass is 31.2. The molecule has 19 heavy (non-hydrogen) atoms. The van der Waals surface area contributed by atoms with E-state index in [1.54, 1.807) is 0 Å². The van der Waals surface area contributed by atoms with Gasteiger partial charge in [-0.2, -0.15) is 0 Å². The number of hydrogen-bond acceptors (Lipinski definition) is 3. The van der Waals surface area contributed by atoms with Gasteiger partial charge in [0.15, 0.2) is 0 Å². The lowest BCUT2D eigenvalue weighted by atomic mass is 10.1. The molecule has 0 amide bonds. The van der Waals surface area contributed by atoms with E-state index in [2.05, 4.69) is 6.92 Å². The minimum absolute atomic E-state index is 0.606. The van der Waals surface area contributed by atoms with Crippen molar-refractivity contribution in [2.75, 3.05) is 19.4 Å². The number of rotatable bonds is 11. The van der Waals surface area contributed by atoms with Crippen molar-refractivity contribution in [1.29, 1.82) is 0 Å². The van der Waals surface area contributed by atoms with E-state index in [-0.39, 0.29) is 0 Å². The first-order valence-corrected chi connectivity index (χ1v) is 9.88. The van der Waals surface area contributed by atoms with E-state index in [9.17, 15) is 4.57 Å². The van der Waals surface area contributed by atoms with Crippen molar-refractivity contribution in [2.24, 2.45) is 0 Å². The molecule has 0 spiro atoms. The molecule has 1 heterocycles. The monoisotopic (exact) mass is 290 g/mol. The highest BCUT2D eigenvalue weighted by Gasteiger charge is 2.26. The highest BCUT2D eigenvalue weighted by molar-refractivity contribution is 7.53. The number of unbranched alkanes of at least 4 members (excludes halogenated alkanes) is 9. The second-order valence-corrected chi connectivity index (χ2v) is 7.72. The summed E-state index contributed by atoms with van der Waals surface area (Å²) in [6.45, 7) is 3.47. The van der Waals surface area contributed by atoms with Gasteiger partial charge in [0.2, 0.25) is 0 Å². The standard InChI is InChI=1S/C15H31O3P/c1-2-3-4-5-6-7-8-9-10-11-15-19(16)17-13-12-14-18-19/h2-15H2,1H3. The van der Waals surface area contributed by atoms with Gasteiger partial charge in [-0.15, -0.1) is 0 Å². The van der Waals surface area contributed by atoms with Gasteiger partial charge in [-0.3, -0.25) is 4.57 Å². The Kier molecular flexibility index (Phi) is 9.85. The van der Waals surface area contributed by atoms with Gasteiger partial charge in [0, 0.05) is 0 Å². The normalized spacial score (nSPS) is 18.6. The lowest BCUT2D eigenvalue weighted by Gasteiger charge is -2.22. The zero-order valence-electron chi connectivity index (χ0n) is 12.6. The molecular formula is C15H31O3P. The Morgan fingerprint density at radius 1 is 0.789 bits per heavy atom. The first-order chi connectivity index (χ1) is 9.27. The summed E-state index contributed by atoms with van der Waals surface area (Å²) in [5.74, 6) is 0. The zero-order valence-corrected chi connectivity index (χ0v) is 13.5. The maximum Gasteiger partial charge on any atom is 0.330 e. The predicted octanol–water partition coefficient (Wildman–Crippen LogP) is 5.54. The Hall–Kier alpha value is 0.150. The van der Waals surface area contributed by atoms with Gasteiger partial charge in [-0.25, -0.2) is 0 Å². The van der Waals surface area contributed by atoms with E-state index in [1.807, 2.05) is 0 Å². The molecule has 4 heteroatoms. The third-order valence-electron chi connectivity index (χ3n) is 3.65. The summed E-state index contributed by atoms with van der Waals surface area (Å²) in [7, 11) is -2.69. The smallest absolute Gasteiger partial charge is 0.308 e. The van der Waals surface area contributed by atoms with Crippen molar-refractivity contribution in [3.63, 3.8) is 0 Å². The van der Waals surface area contributed by atoms with Gasteiger partial charge < -0.3 is 9.05 Å². The third-order valence-corrected chi connectivity index (χ3v) is 5.67. The van der Waals surface area contributed by atoms with Gasteiger partial charge in [-0.05, 0) is 12.8 Å². The Bertz CT molecular complexity index is 246. The Balaban J connectivity index is 1.84. The third kappa shape index (κ3) is 8.83. The Morgan fingerprint density at radius 3 is 1.79 bits per heavy atom. The fraction of sp³-hybridized carbons (Fsp3) is 1.00. The summed E-state index contributed by atoms with van der Waals surface area (Å²) < 4.78 is 22.6. The molecule has 0 aliphatic carbocycles. The summed E-state index contributed by atoms with van der Waals surface area (Å²) in [6, 6.07) is 0. The van der Waals surface area contributed by atoms with Crippen molar-refractivity contribution >= 4 is 7.60 Å². The molecule has 0 N–H and O–H groups in total. The first kappa shape index (κ1) is 17.2. The second kappa shape index (κ2) is 10.9. The molecule has 0 atom stereocenters. The first-order valence-electron chi connectivity index (χ1n) is 8.15. The zero-order chi connectivity index (χ0) is 13.8. The number of hydrogen-bond donors (Lipinski definition) is 0. The van der Waals surface area contributed by atoms with Crippen LogP contribution in [0.15, 0.2) is 0 Å². The molecule has 1 rings (SSSR count). The maximum absolute atomic E-state index is 12.0. The summed E-state index contributed by atoms with van der Waals surface area (Å²) in [5, 5.41) is 0. The van der Waals surface area contributed by atoms with E-state index in [0.29, 0.717) is 19.4 Å². The molecule has 0 aromatic carbocycles. The van der Waals surface area contributed by atoms with Crippen molar-refractivity contribution in [2.45, 2.75) is 77.6 Å². The fourth-order valence-electron chi connectivity index (χ4n) is 2.43. The average Bonchev–Trinajstić information content (AvgIpc) is 2.42. The maximum atomic E-state index is 12.0. The van der Waals surface area contributed by atoms with E-state index >= 15 is 0 Å². The van der Waals surface area contributed by atoms with Crippen LogP contribution in [-0.4, -0.2) is 19.4 Å². The molecule has 1 fully saturated rings. The Labute approximate surface area is 119 Å². The summed E-state index contributed by atoms with van der Waals surface area (Å²) >= 11 is 0.